The Morgan fingerprint density at radius 3 is 2.94 bits per heavy atom. The molecule has 1 aliphatic rings. The Kier molecular flexibility index (Phi) is 4.19. The molecule has 18 heavy (non-hydrogen) atoms. The van der Waals surface area contributed by atoms with Crippen LogP contribution in [0.4, 0.5) is 5.69 Å². The Morgan fingerprint density at radius 2 is 2.33 bits per heavy atom. The van der Waals surface area contributed by atoms with E-state index < -0.39 is 0 Å². The number of aryl methyl sites for hydroxylation is 1. The molecule has 1 aromatic rings. The minimum absolute atomic E-state index is 0.244. The Labute approximate surface area is 119 Å². The summed E-state index contributed by atoms with van der Waals surface area (Å²) in [5.74, 6) is -0.244. The molecule has 96 valence electrons. The number of halogens is 1. The SMILES string of the molecule is Cc1cc(NC(=S)NC2CCOC2=O)ccc1Br. The second kappa shape index (κ2) is 5.67. The lowest BCUT2D eigenvalue weighted by Crippen LogP contribution is -2.40. The second-order valence-corrected chi connectivity index (χ2v) is 5.33. The van der Waals surface area contributed by atoms with Gasteiger partial charge in [-0.05, 0) is 42.9 Å². The van der Waals surface area contributed by atoms with Crippen molar-refractivity contribution < 1.29 is 9.53 Å². The number of rotatable bonds is 2. The maximum absolute atomic E-state index is 11.3. The summed E-state index contributed by atoms with van der Waals surface area (Å²) < 4.78 is 5.90. The average molecular weight is 329 g/mol. The molecule has 6 heteroatoms. The third-order valence-electron chi connectivity index (χ3n) is 2.66. The molecular weight excluding hydrogens is 316 g/mol. The van der Waals surface area contributed by atoms with Gasteiger partial charge in [0.05, 0.1) is 6.61 Å². The summed E-state index contributed by atoms with van der Waals surface area (Å²) in [4.78, 5) is 11.3. The van der Waals surface area contributed by atoms with E-state index in [1.54, 1.807) is 0 Å². The van der Waals surface area contributed by atoms with Gasteiger partial charge >= 0.3 is 5.97 Å². The highest BCUT2D eigenvalue weighted by atomic mass is 79.9. The van der Waals surface area contributed by atoms with Crippen molar-refractivity contribution in [1.82, 2.24) is 5.32 Å². The van der Waals surface area contributed by atoms with E-state index in [1.807, 2.05) is 25.1 Å². The lowest BCUT2D eigenvalue weighted by atomic mass is 10.2. The van der Waals surface area contributed by atoms with Crippen molar-refractivity contribution in [3.8, 4) is 0 Å². The van der Waals surface area contributed by atoms with Gasteiger partial charge in [-0.3, -0.25) is 0 Å². The molecule has 1 atom stereocenters. The van der Waals surface area contributed by atoms with Crippen molar-refractivity contribution in [2.75, 3.05) is 11.9 Å². The molecule has 0 aromatic heterocycles. The normalized spacial score (nSPS) is 18.3. The first-order valence-corrected chi connectivity index (χ1v) is 6.76. The van der Waals surface area contributed by atoms with E-state index in [0.29, 0.717) is 18.1 Å². The van der Waals surface area contributed by atoms with E-state index in [1.165, 1.54) is 0 Å². The molecule has 1 heterocycles. The number of nitrogens with one attached hydrogen (secondary N) is 2. The van der Waals surface area contributed by atoms with Crippen LogP contribution >= 0.6 is 28.1 Å². The number of hydrogen-bond acceptors (Lipinski definition) is 3. The summed E-state index contributed by atoms with van der Waals surface area (Å²) in [5.41, 5.74) is 2.00. The highest BCUT2D eigenvalue weighted by Gasteiger charge is 2.26. The summed E-state index contributed by atoms with van der Waals surface area (Å²) in [6.07, 6.45) is 0.653. The molecule has 0 radical (unpaired) electrons. The zero-order valence-corrected chi connectivity index (χ0v) is 12.2. The van der Waals surface area contributed by atoms with Gasteiger partial charge in [-0.2, -0.15) is 0 Å². The third-order valence-corrected chi connectivity index (χ3v) is 3.77. The Hall–Kier alpha value is -1.14. The fourth-order valence-corrected chi connectivity index (χ4v) is 2.18. The van der Waals surface area contributed by atoms with Gasteiger partial charge in [0, 0.05) is 16.6 Å². The maximum atomic E-state index is 11.3. The van der Waals surface area contributed by atoms with Crippen LogP contribution in [0.3, 0.4) is 0 Å². The van der Waals surface area contributed by atoms with Crippen LogP contribution in [0.2, 0.25) is 0 Å². The zero-order valence-electron chi connectivity index (χ0n) is 9.83. The van der Waals surface area contributed by atoms with Crippen LogP contribution in [0.1, 0.15) is 12.0 Å². The lowest BCUT2D eigenvalue weighted by molar-refractivity contribution is -0.139. The van der Waals surface area contributed by atoms with Gasteiger partial charge in [0.25, 0.3) is 0 Å². The molecule has 4 nitrogen and oxygen atoms in total. The van der Waals surface area contributed by atoms with Crippen LogP contribution < -0.4 is 10.6 Å². The van der Waals surface area contributed by atoms with E-state index in [2.05, 4.69) is 26.6 Å². The van der Waals surface area contributed by atoms with Gasteiger partial charge in [-0.15, -0.1) is 0 Å². The number of benzene rings is 1. The standard InChI is InChI=1S/C12H13BrN2O2S/c1-7-6-8(2-3-9(7)13)14-12(18)15-10-4-5-17-11(10)16/h2-3,6,10H,4-5H2,1H3,(H2,14,15,18). The summed E-state index contributed by atoms with van der Waals surface area (Å²) in [5, 5.41) is 6.43. The molecule has 0 amide bonds. The Bertz CT molecular complexity index is 493. The topological polar surface area (TPSA) is 50.4 Å². The lowest BCUT2D eigenvalue weighted by Gasteiger charge is -2.13. The number of cyclic esters (lactones) is 1. The van der Waals surface area contributed by atoms with Crippen LogP contribution in [0.25, 0.3) is 0 Å². The minimum atomic E-state index is -0.332. The number of carbonyl (C=O) groups excluding carboxylic acids is 1. The number of anilines is 1. The van der Waals surface area contributed by atoms with Gasteiger partial charge in [0.1, 0.15) is 6.04 Å². The molecular formula is C12H13BrN2O2S. The Balaban J connectivity index is 1.94. The van der Waals surface area contributed by atoms with Gasteiger partial charge in [0.2, 0.25) is 0 Å². The largest absolute Gasteiger partial charge is 0.464 e. The van der Waals surface area contributed by atoms with Gasteiger partial charge in [-0.1, -0.05) is 15.9 Å². The summed E-state index contributed by atoms with van der Waals surface area (Å²) in [7, 11) is 0. The van der Waals surface area contributed by atoms with E-state index >= 15 is 0 Å². The van der Waals surface area contributed by atoms with Gasteiger partial charge in [0.15, 0.2) is 5.11 Å². The number of ether oxygens (including phenoxy) is 1. The van der Waals surface area contributed by atoms with Crippen LogP contribution in [0.15, 0.2) is 22.7 Å². The maximum Gasteiger partial charge on any atom is 0.328 e. The van der Waals surface area contributed by atoms with Crippen molar-refractivity contribution in [1.29, 1.82) is 0 Å². The molecule has 0 saturated carbocycles. The number of thiocarbonyl (C=S) groups is 1. The summed E-state index contributed by atoms with van der Waals surface area (Å²) >= 11 is 8.60. The number of hydrogen-bond donors (Lipinski definition) is 2. The van der Waals surface area contributed by atoms with Crippen LogP contribution in [-0.4, -0.2) is 23.7 Å². The van der Waals surface area contributed by atoms with Crippen molar-refractivity contribution >= 4 is 44.9 Å². The third kappa shape index (κ3) is 3.20. The van der Waals surface area contributed by atoms with Gasteiger partial charge in [-0.25, -0.2) is 4.79 Å². The van der Waals surface area contributed by atoms with Crippen LogP contribution in [-0.2, 0) is 9.53 Å². The second-order valence-electron chi connectivity index (χ2n) is 4.07. The molecule has 1 aliphatic heterocycles. The molecule has 2 N–H and O–H groups in total. The monoisotopic (exact) mass is 328 g/mol. The molecule has 0 bridgehead atoms. The first-order valence-electron chi connectivity index (χ1n) is 5.56. The van der Waals surface area contributed by atoms with E-state index in [-0.39, 0.29) is 12.0 Å². The number of carbonyl (C=O) groups is 1. The minimum Gasteiger partial charge on any atom is -0.464 e. The molecule has 0 spiro atoms. The fourth-order valence-electron chi connectivity index (χ4n) is 1.67. The van der Waals surface area contributed by atoms with Crippen LogP contribution in [0, 0.1) is 6.92 Å². The fraction of sp³-hybridized carbons (Fsp3) is 0.333. The summed E-state index contributed by atoms with van der Waals surface area (Å²) in [6, 6.07) is 5.51. The number of esters is 1. The molecule has 1 fully saturated rings. The first kappa shape index (κ1) is 13.3. The van der Waals surface area contributed by atoms with Crippen molar-refractivity contribution in [2.45, 2.75) is 19.4 Å². The summed E-state index contributed by atoms with van der Waals surface area (Å²) in [6.45, 7) is 2.45. The van der Waals surface area contributed by atoms with E-state index in [4.69, 9.17) is 17.0 Å². The van der Waals surface area contributed by atoms with Crippen molar-refractivity contribution in [3.63, 3.8) is 0 Å². The van der Waals surface area contributed by atoms with Crippen molar-refractivity contribution in [2.24, 2.45) is 0 Å². The highest BCUT2D eigenvalue weighted by molar-refractivity contribution is 9.10. The first-order chi connectivity index (χ1) is 8.56. The van der Waals surface area contributed by atoms with E-state index in [0.717, 1.165) is 15.7 Å². The molecule has 1 saturated heterocycles. The predicted molar refractivity (Wildman–Crippen MR) is 77.6 cm³/mol. The van der Waals surface area contributed by atoms with Gasteiger partial charge < -0.3 is 15.4 Å². The average Bonchev–Trinajstić information content (AvgIpc) is 2.70. The predicted octanol–water partition coefficient (Wildman–Crippen LogP) is 2.36. The molecule has 2 rings (SSSR count). The van der Waals surface area contributed by atoms with Crippen molar-refractivity contribution in [3.05, 3.63) is 28.2 Å². The molecule has 1 unspecified atom stereocenters. The Morgan fingerprint density at radius 1 is 1.56 bits per heavy atom. The smallest absolute Gasteiger partial charge is 0.328 e. The van der Waals surface area contributed by atoms with E-state index in [9.17, 15) is 4.79 Å². The zero-order chi connectivity index (χ0) is 13.1. The molecule has 1 aromatic carbocycles. The quantitative estimate of drug-likeness (QED) is 0.644. The van der Waals surface area contributed by atoms with Crippen LogP contribution in [0.5, 0.6) is 0 Å². The highest BCUT2D eigenvalue weighted by Crippen LogP contribution is 2.20. The molecule has 0 aliphatic carbocycles.